The van der Waals surface area contributed by atoms with Gasteiger partial charge in [-0.25, -0.2) is 53.6 Å². The molecule has 0 saturated carbocycles. The van der Waals surface area contributed by atoms with Crippen LogP contribution in [0.4, 0.5) is 15.0 Å². The first-order valence-electron chi connectivity index (χ1n) is 22.0. The summed E-state index contributed by atoms with van der Waals surface area (Å²) in [6.07, 6.45) is 4.60. The Morgan fingerprint density at radius 1 is 0.685 bits per heavy atom. The average molecular weight is 1040 g/mol. The Morgan fingerprint density at radius 2 is 1.36 bits per heavy atom. The van der Waals surface area contributed by atoms with Crippen molar-refractivity contribution < 1.29 is 23.4 Å². The summed E-state index contributed by atoms with van der Waals surface area (Å²) in [7, 11) is 0. The highest BCUT2D eigenvalue weighted by atomic mass is 35.5. The second-order valence-corrected chi connectivity index (χ2v) is 17.4. The van der Waals surface area contributed by atoms with Crippen LogP contribution in [0.2, 0.25) is 10.0 Å². The molecule has 0 atom stereocenters. The number of benzene rings is 5. The van der Waals surface area contributed by atoms with Gasteiger partial charge in [0.1, 0.15) is 64.3 Å². The van der Waals surface area contributed by atoms with Gasteiger partial charge in [0, 0.05) is 0 Å². The lowest BCUT2D eigenvalue weighted by atomic mass is 10.2. The fourth-order valence-corrected chi connectivity index (χ4v) is 9.00. The highest BCUT2D eigenvalue weighted by molar-refractivity contribution is 7.98. The van der Waals surface area contributed by atoms with Crippen LogP contribution in [0, 0.1) is 5.82 Å². The predicted molar refractivity (Wildman–Crippen MR) is 273 cm³/mol. The highest BCUT2D eigenvalue weighted by Crippen LogP contribution is 2.30. The Hall–Kier alpha value is -8.63. The topological polar surface area (TPSA) is 239 Å². The molecule has 5 aromatic carbocycles. The van der Waals surface area contributed by atoms with E-state index in [-0.39, 0.29) is 56.6 Å². The van der Waals surface area contributed by atoms with Gasteiger partial charge >= 0.3 is 6.09 Å². The monoisotopic (exact) mass is 1040 g/mol. The van der Waals surface area contributed by atoms with Crippen LogP contribution in [0.15, 0.2) is 155 Å². The maximum Gasteiger partial charge on any atom is 0.421 e. The van der Waals surface area contributed by atoms with E-state index in [1.165, 1.54) is 48.9 Å². The molecule has 0 fully saturated rings. The summed E-state index contributed by atoms with van der Waals surface area (Å²) in [5.74, 6) is 0.717. The number of rotatable bonds is 13. The third kappa shape index (κ3) is 10.0. The van der Waals surface area contributed by atoms with Gasteiger partial charge in [0.2, 0.25) is 0 Å². The zero-order chi connectivity index (χ0) is 50.4. The first kappa shape index (κ1) is 48.0. The first-order valence-corrected chi connectivity index (χ1v) is 23.8. The number of carbonyl (C=O) groups excluding carboxylic acids is 1. The average Bonchev–Trinajstić information content (AvgIpc) is 4.08. The van der Waals surface area contributed by atoms with Gasteiger partial charge in [-0.3, -0.25) is 18.7 Å². The van der Waals surface area contributed by atoms with Crippen LogP contribution in [-0.4, -0.2) is 77.9 Å². The maximum absolute atomic E-state index is 14.5. The quantitative estimate of drug-likeness (QED) is 0.0624. The molecule has 23 heteroatoms. The van der Waals surface area contributed by atoms with Crippen LogP contribution >= 0.6 is 35.0 Å². The first-order chi connectivity index (χ1) is 35.6. The smallest absolute Gasteiger partial charge is 0.421 e. The maximum atomic E-state index is 14.5. The fraction of sp³-hybridized carbons (Fsp3) is 0.100. The van der Waals surface area contributed by atoms with Gasteiger partial charge < -0.3 is 24.9 Å². The van der Waals surface area contributed by atoms with Gasteiger partial charge in [0.25, 0.3) is 11.1 Å². The molecule has 6 aromatic heterocycles. The Kier molecular flexibility index (Phi) is 14.1. The summed E-state index contributed by atoms with van der Waals surface area (Å²) in [5, 5.41) is 1.51. The summed E-state index contributed by atoms with van der Waals surface area (Å²) >= 11 is 14.3. The number of aromatic amines is 1. The number of carbonyl (C=O) groups is 1. The number of H-pyrrole nitrogens is 1. The van der Waals surface area contributed by atoms with Crippen molar-refractivity contribution in [3.63, 3.8) is 0 Å². The molecule has 0 aliphatic rings. The summed E-state index contributed by atoms with van der Waals surface area (Å²) in [6, 6.07) is 33.1. The molecule has 0 aliphatic carbocycles. The third-order valence-corrected chi connectivity index (χ3v) is 12.6. The molecular weight excluding hydrogens is 1000 g/mol. The summed E-state index contributed by atoms with van der Waals surface area (Å²) in [5.41, 5.74) is 9.00. The molecule has 0 unspecified atom stereocenters. The van der Waals surface area contributed by atoms with E-state index in [1.54, 1.807) is 59.4 Å². The number of nitrogens with two attached hydrogens (primary N) is 1. The van der Waals surface area contributed by atoms with Crippen LogP contribution in [0.25, 0.3) is 55.5 Å². The second-order valence-electron chi connectivity index (χ2n) is 15.6. The predicted octanol–water partition coefficient (Wildman–Crippen LogP) is 8.68. The van der Waals surface area contributed by atoms with Crippen LogP contribution in [-0.2, 0) is 28.4 Å². The Labute approximate surface area is 425 Å². The van der Waals surface area contributed by atoms with Crippen molar-refractivity contribution in [3.8, 4) is 17.1 Å². The van der Waals surface area contributed by atoms with Gasteiger partial charge in [-0.05, 0) is 54.1 Å². The number of para-hydroxylation sites is 2. The van der Waals surface area contributed by atoms with E-state index in [9.17, 15) is 18.8 Å². The molecule has 6 heterocycles. The standard InChI is InChI=1S/C29H23ClN6O3S.C21H13ClFN7O3/c30-20-9-4-5-11-22(20)36-24(16-40-28-26-27(32-17-31-26)33-18-34-28)35-21-10-6-12-23(25(21)29(36)37)39-14-13-38-15-19-7-2-1-3-8-19;22-11-4-1-2-7-14(11)30-15(28-13-6-3-5-12(23)16(13)20(30)31)8-33-21(32)29-10-27-17-18(24)25-9-26-19(17)29/h1-12,17-18H,13-16H2,(H,31,32,33,34);1-7,9-10H,8H2,(H2,24,25,26). The molecule has 11 aromatic rings. The number of halogens is 3. The number of aromatic nitrogens is 12. The van der Waals surface area contributed by atoms with E-state index in [4.69, 9.17) is 48.1 Å². The normalized spacial score (nSPS) is 11.3. The minimum absolute atomic E-state index is 0.0399. The van der Waals surface area contributed by atoms with Gasteiger partial charge in [-0.15, -0.1) is 0 Å². The minimum Gasteiger partial charge on any atom is -0.490 e. The number of nitrogens with zero attached hydrogens (tertiary/aromatic N) is 11. The molecule has 364 valence electrons. The molecule has 0 radical (unpaired) electrons. The van der Waals surface area contributed by atoms with Crippen molar-refractivity contribution in [3.05, 3.63) is 194 Å². The zero-order valence-electron chi connectivity index (χ0n) is 37.8. The summed E-state index contributed by atoms with van der Waals surface area (Å²) in [4.78, 5) is 77.0. The summed E-state index contributed by atoms with van der Waals surface area (Å²) in [6.45, 7) is 0.708. The Bertz CT molecular complexity index is 3970. The number of thioether (sulfide) groups is 1. The van der Waals surface area contributed by atoms with Gasteiger partial charge in [0.05, 0.1) is 57.7 Å². The minimum atomic E-state index is -0.838. The van der Waals surface area contributed by atoms with E-state index in [1.807, 2.05) is 48.5 Å². The zero-order valence-corrected chi connectivity index (χ0v) is 40.1. The van der Waals surface area contributed by atoms with Gasteiger partial charge in [-0.1, -0.05) is 102 Å². The lowest BCUT2D eigenvalue weighted by Gasteiger charge is -2.16. The number of nitrogens with one attached hydrogen (secondary N) is 1. The lowest BCUT2D eigenvalue weighted by Crippen LogP contribution is -2.26. The molecule has 19 nitrogen and oxygen atoms in total. The molecule has 73 heavy (non-hydrogen) atoms. The largest absolute Gasteiger partial charge is 0.490 e. The van der Waals surface area contributed by atoms with Crippen molar-refractivity contribution in [2.24, 2.45) is 0 Å². The number of hydrogen-bond acceptors (Lipinski definition) is 16. The van der Waals surface area contributed by atoms with Crippen LogP contribution in [0.5, 0.6) is 5.75 Å². The molecule has 11 rings (SSSR count). The van der Waals surface area contributed by atoms with Crippen molar-refractivity contribution in [1.29, 1.82) is 0 Å². The van der Waals surface area contributed by atoms with E-state index < -0.39 is 24.1 Å². The van der Waals surface area contributed by atoms with Crippen molar-refractivity contribution in [2.75, 3.05) is 18.9 Å². The highest BCUT2D eigenvalue weighted by Gasteiger charge is 2.22. The Morgan fingerprint density at radius 3 is 2.12 bits per heavy atom. The number of ether oxygens (including phenoxy) is 3. The lowest BCUT2D eigenvalue weighted by molar-refractivity contribution is 0.0893. The van der Waals surface area contributed by atoms with Crippen LogP contribution < -0.4 is 21.6 Å². The van der Waals surface area contributed by atoms with Crippen LogP contribution in [0.3, 0.4) is 0 Å². The number of nitrogen functional groups attached to an aromatic ring is 1. The number of hydrogen-bond donors (Lipinski definition) is 2. The van der Waals surface area contributed by atoms with Crippen molar-refractivity contribution >= 4 is 91.0 Å². The summed E-state index contributed by atoms with van der Waals surface area (Å²) < 4.78 is 35.3. The number of fused-ring (bicyclic) bond motifs is 4. The number of imidazole rings is 2. The van der Waals surface area contributed by atoms with E-state index >= 15 is 0 Å². The molecule has 0 aliphatic heterocycles. The second kappa shape index (κ2) is 21.4. The van der Waals surface area contributed by atoms with E-state index in [0.717, 1.165) is 14.7 Å². The van der Waals surface area contributed by atoms with E-state index in [0.29, 0.717) is 68.3 Å². The molecule has 0 amide bonds. The Balaban J connectivity index is 0.000000171. The third-order valence-electron chi connectivity index (χ3n) is 11.0. The molecular formula is C50H36Cl2FN13O6S. The van der Waals surface area contributed by atoms with Crippen molar-refractivity contribution in [1.82, 2.24) is 58.6 Å². The fourth-order valence-electron chi connectivity index (χ4n) is 7.70. The molecule has 0 bridgehead atoms. The molecule has 0 saturated heterocycles. The van der Waals surface area contributed by atoms with Crippen LogP contribution in [0.1, 0.15) is 17.2 Å². The molecule has 3 N–H and O–H groups in total. The number of anilines is 1. The van der Waals surface area contributed by atoms with Gasteiger partial charge in [-0.2, -0.15) is 0 Å². The van der Waals surface area contributed by atoms with E-state index in [2.05, 4.69) is 39.9 Å². The SMILES string of the molecule is Nc1ncnc2c1ncn2C(=O)OCc1nc2cccc(F)c2c(=O)n1-c1ccccc1Cl.O=c1c2c(OCCOCc3ccccc3)cccc2nc(CSc2ncnc3[nH]cnc23)n1-c1ccccc1Cl. The molecule has 0 spiro atoms. The van der Waals surface area contributed by atoms with Crippen molar-refractivity contribution in [2.45, 2.75) is 24.0 Å². The van der Waals surface area contributed by atoms with Gasteiger partial charge in [0.15, 0.2) is 35.1 Å².